The van der Waals surface area contributed by atoms with Gasteiger partial charge in [0, 0.05) is 0 Å². The minimum absolute atomic E-state index is 1.86. The fourth-order valence-electron chi connectivity index (χ4n) is 2.84. The van der Waals surface area contributed by atoms with E-state index in [4.69, 9.17) is 4.52 Å². The van der Waals surface area contributed by atoms with E-state index in [1.54, 1.807) is 0 Å². The van der Waals surface area contributed by atoms with Crippen molar-refractivity contribution in [3.8, 4) is 0 Å². The molecule has 0 heterocycles. The van der Waals surface area contributed by atoms with Gasteiger partial charge in [0.2, 0.25) is 0 Å². The molecule has 0 radical (unpaired) electrons. The van der Waals surface area contributed by atoms with Crippen molar-refractivity contribution < 1.29 is 4.89 Å². The third-order valence-electron chi connectivity index (χ3n) is 4.04. The summed E-state index contributed by atoms with van der Waals surface area (Å²) in [6.07, 6.45) is 0. The first-order valence-corrected chi connectivity index (χ1v) is 10.8. The average molecular weight is 357 g/mol. The van der Waals surface area contributed by atoms with Crippen molar-refractivity contribution in [3.63, 3.8) is 0 Å². The Hall–Kier alpha value is 0.380. The summed E-state index contributed by atoms with van der Waals surface area (Å²) in [6, 6.07) is 0. The molecule has 0 atom stereocenters. The molecule has 0 aliphatic heterocycles. The van der Waals surface area contributed by atoms with Gasteiger partial charge in [-0.1, -0.05) is 0 Å². The molecule has 1 N–H and O–H groups in total. The molecule has 22 heavy (non-hydrogen) atoms. The van der Waals surface area contributed by atoms with Crippen LogP contribution < -0.4 is 0 Å². The van der Waals surface area contributed by atoms with Crippen molar-refractivity contribution in [2.24, 2.45) is 4.52 Å². The van der Waals surface area contributed by atoms with E-state index in [9.17, 15) is 4.89 Å². The normalized spacial score (nSPS) is 16.2. The molecule has 0 aromatic heterocycles. The summed E-state index contributed by atoms with van der Waals surface area (Å²) >= 11 is 0. The molecule has 10 heteroatoms. The Morgan fingerprint density at radius 1 is 0.591 bits per heavy atom. The van der Waals surface area contributed by atoms with Crippen LogP contribution in [0.2, 0.25) is 0 Å². The Labute approximate surface area is 137 Å². The molecule has 0 aliphatic carbocycles. The van der Waals surface area contributed by atoms with Crippen LogP contribution in [0.25, 0.3) is 0 Å². The number of hydrogen-bond donors (Lipinski definition) is 1. The first kappa shape index (κ1) is 22.4. The number of rotatable bonds is 7. The van der Waals surface area contributed by atoms with E-state index in [0.29, 0.717) is 0 Å². The van der Waals surface area contributed by atoms with Gasteiger partial charge in [0.05, 0.1) is 0 Å². The fraction of sp³-hybridized carbons (Fsp3) is 1.00. The topological polar surface area (TPSA) is 52.0 Å². The van der Waals surface area contributed by atoms with E-state index in [1.807, 2.05) is 98.6 Å². The molecule has 0 spiro atoms. The number of hydrogen-bond acceptors (Lipinski definition) is 5. The maximum absolute atomic E-state index is 12.0. The average Bonchev–Trinajstić information content (AvgIpc) is 2.33. The Morgan fingerprint density at radius 2 is 0.818 bits per heavy atom. The molecule has 0 aromatic rings. The molecular weight excluding hydrogens is 320 g/mol. The molecule has 0 rings (SSSR count). The van der Waals surface area contributed by atoms with Gasteiger partial charge in [-0.25, -0.2) is 0 Å². The summed E-state index contributed by atoms with van der Waals surface area (Å²) < 4.78 is 17.1. The zero-order valence-electron chi connectivity index (χ0n) is 16.5. The third kappa shape index (κ3) is 3.14. The van der Waals surface area contributed by atoms with Crippen LogP contribution in [0.4, 0.5) is 0 Å². The molecule has 0 saturated carbocycles. The van der Waals surface area contributed by atoms with E-state index < -0.39 is 14.9 Å². The molecule has 0 bridgehead atoms. The van der Waals surface area contributed by atoms with Crippen molar-refractivity contribution in [2.75, 3.05) is 84.6 Å². The van der Waals surface area contributed by atoms with Gasteiger partial charge in [-0.3, -0.25) is 0 Å². The van der Waals surface area contributed by atoms with E-state index in [1.165, 1.54) is 0 Å². The van der Waals surface area contributed by atoms with Crippen molar-refractivity contribution in [1.82, 2.24) is 28.0 Å². The molecule has 0 amide bonds. The molecule has 0 aromatic carbocycles. The Morgan fingerprint density at radius 3 is 0.955 bits per heavy atom. The third-order valence-corrected chi connectivity index (χ3v) is 13.8. The second-order valence-electron chi connectivity index (χ2n) is 6.60. The summed E-state index contributed by atoms with van der Waals surface area (Å²) in [7, 11) is 17.3. The van der Waals surface area contributed by atoms with Crippen LogP contribution in [0, 0.1) is 0 Å². The molecule has 136 valence electrons. The summed E-state index contributed by atoms with van der Waals surface area (Å²) in [5.41, 5.74) is 0. The first-order chi connectivity index (χ1) is 9.69. The van der Waals surface area contributed by atoms with Gasteiger partial charge in [0.15, 0.2) is 0 Å². The van der Waals surface area contributed by atoms with Crippen molar-refractivity contribution in [2.45, 2.75) is 0 Å². The number of nitrogens with zero attached hydrogens (tertiary/aromatic N) is 7. The predicted molar refractivity (Wildman–Crippen MR) is 101 cm³/mol. The summed E-state index contributed by atoms with van der Waals surface area (Å²) in [6.45, 7) is 0. The standard InChI is InChI=1S/C12H37N7OP2/c1-14(2)21(15(3)4,16(5)6)13-22(20,17(7)8,18(9)10)19(11)12/h20H,1-12H3. The van der Waals surface area contributed by atoms with Gasteiger partial charge in [0.25, 0.3) is 0 Å². The van der Waals surface area contributed by atoms with E-state index in [2.05, 4.69) is 14.0 Å². The molecule has 0 aliphatic rings. The molecule has 0 saturated heterocycles. The van der Waals surface area contributed by atoms with Crippen molar-refractivity contribution >= 4 is 14.9 Å². The van der Waals surface area contributed by atoms with E-state index >= 15 is 0 Å². The van der Waals surface area contributed by atoms with Crippen LogP contribution in [0.3, 0.4) is 0 Å². The van der Waals surface area contributed by atoms with E-state index in [-0.39, 0.29) is 0 Å². The van der Waals surface area contributed by atoms with Gasteiger partial charge in [-0.15, -0.1) is 0 Å². The van der Waals surface area contributed by atoms with Gasteiger partial charge < -0.3 is 0 Å². The molecule has 8 nitrogen and oxygen atoms in total. The monoisotopic (exact) mass is 357 g/mol. The van der Waals surface area contributed by atoms with Crippen molar-refractivity contribution in [3.05, 3.63) is 0 Å². The van der Waals surface area contributed by atoms with Gasteiger partial charge >= 0.3 is 137 Å². The second-order valence-corrected chi connectivity index (χ2v) is 15.0. The van der Waals surface area contributed by atoms with Crippen molar-refractivity contribution in [1.29, 1.82) is 0 Å². The Balaban J connectivity index is 7.02. The van der Waals surface area contributed by atoms with Crippen LogP contribution in [-0.4, -0.2) is 117 Å². The Bertz CT molecular complexity index is 382. The summed E-state index contributed by atoms with van der Waals surface area (Å²) in [5, 5.41) is 0. The van der Waals surface area contributed by atoms with E-state index in [0.717, 1.165) is 0 Å². The van der Waals surface area contributed by atoms with Crippen LogP contribution in [0.5, 0.6) is 0 Å². The first-order valence-electron chi connectivity index (χ1n) is 7.17. The van der Waals surface area contributed by atoms with Crippen LogP contribution in [-0.2, 0) is 0 Å². The maximum atomic E-state index is 12.0. The second kappa shape index (κ2) is 7.09. The Kier molecular flexibility index (Phi) is 7.22. The van der Waals surface area contributed by atoms with Gasteiger partial charge in [-0.2, -0.15) is 0 Å². The van der Waals surface area contributed by atoms with Crippen LogP contribution in [0.15, 0.2) is 4.52 Å². The fourth-order valence-corrected chi connectivity index (χ4v) is 12.7. The molecule has 0 fully saturated rings. The molecular formula is C12H37N7OP2. The van der Waals surface area contributed by atoms with Gasteiger partial charge in [0.1, 0.15) is 0 Å². The quantitative estimate of drug-likeness (QED) is 0.692. The summed E-state index contributed by atoms with van der Waals surface area (Å²) in [5.74, 6) is 0. The van der Waals surface area contributed by atoms with Gasteiger partial charge in [-0.05, 0) is 0 Å². The zero-order valence-corrected chi connectivity index (χ0v) is 18.3. The molecule has 0 unspecified atom stereocenters. The van der Waals surface area contributed by atoms with Crippen LogP contribution in [0.1, 0.15) is 0 Å². The van der Waals surface area contributed by atoms with Crippen LogP contribution >= 0.6 is 14.9 Å². The zero-order chi connectivity index (χ0) is 18.1. The SMILES string of the molecule is CN(C)P(=NP(O)(N(C)C)(N(C)C)N(C)C)(N(C)C)N(C)C. The summed E-state index contributed by atoms with van der Waals surface area (Å²) in [4.78, 5) is 12.0. The minimum atomic E-state index is -3.80. The predicted octanol–water partition coefficient (Wildman–Crippen LogP) is 1.42.